The molecule has 1 aromatic heterocycles. The molecule has 0 fully saturated rings. The van der Waals surface area contributed by atoms with Crippen molar-refractivity contribution >= 4 is 0 Å². The Labute approximate surface area is 153 Å². The maximum atomic E-state index is 6.06. The van der Waals surface area contributed by atoms with Crippen molar-refractivity contribution in [3.05, 3.63) is 102 Å². The highest BCUT2D eigenvalue weighted by Gasteiger charge is 2.19. The Hall–Kier alpha value is -3.17. The van der Waals surface area contributed by atoms with Gasteiger partial charge in [-0.1, -0.05) is 91.0 Å². The molecule has 3 heteroatoms. The summed E-state index contributed by atoms with van der Waals surface area (Å²) in [6.45, 7) is 1.15. The number of aromatic nitrogens is 2. The molecular weight excluding hydrogens is 318 g/mol. The Morgan fingerprint density at radius 1 is 0.692 bits per heavy atom. The zero-order valence-electron chi connectivity index (χ0n) is 14.5. The molecule has 0 aliphatic heterocycles. The summed E-state index contributed by atoms with van der Waals surface area (Å²) in [6, 6.07) is 31.2. The van der Waals surface area contributed by atoms with Gasteiger partial charge in [0, 0.05) is 17.7 Å². The molecule has 3 aromatic carbocycles. The van der Waals surface area contributed by atoms with Gasteiger partial charge in [-0.25, -0.2) is 4.98 Å². The van der Waals surface area contributed by atoms with E-state index >= 15 is 0 Å². The third kappa shape index (κ3) is 3.17. The van der Waals surface area contributed by atoms with Gasteiger partial charge in [-0.15, -0.1) is 0 Å². The summed E-state index contributed by atoms with van der Waals surface area (Å²) in [7, 11) is 0. The second kappa shape index (κ2) is 7.38. The van der Waals surface area contributed by atoms with E-state index in [1.165, 1.54) is 5.56 Å². The molecule has 1 heterocycles. The number of benzene rings is 3. The van der Waals surface area contributed by atoms with Crippen molar-refractivity contribution in [2.75, 3.05) is 0 Å². The Balaban J connectivity index is 1.93. The Bertz CT molecular complexity index is 974. The lowest BCUT2D eigenvalue weighted by Gasteiger charge is -2.13. The highest BCUT2D eigenvalue weighted by Crippen LogP contribution is 2.33. The van der Waals surface area contributed by atoms with E-state index < -0.39 is 0 Å². The van der Waals surface area contributed by atoms with Crippen LogP contribution in [0.2, 0.25) is 0 Å². The second-order valence-corrected chi connectivity index (χ2v) is 6.23. The first-order valence-corrected chi connectivity index (χ1v) is 8.81. The van der Waals surface area contributed by atoms with Crippen LogP contribution in [0, 0.1) is 0 Å². The van der Waals surface area contributed by atoms with Crippen LogP contribution >= 0.6 is 0 Å². The van der Waals surface area contributed by atoms with E-state index in [0.29, 0.717) is 6.54 Å². The van der Waals surface area contributed by atoms with Gasteiger partial charge >= 0.3 is 0 Å². The van der Waals surface area contributed by atoms with Crippen LogP contribution in [-0.2, 0) is 13.1 Å². The van der Waals surface area contributed by atoms with Crippen molar-refractivity contribution < 1.29 is 0 Å². The van der Waals surface area contributed by atoms with Crippen LogP contribution in [0.15, 0.2) is 91.0 Å². The summed E-state index contributed by atoms with van der Waals surface area (Å²) in [6.07, 6.45) is 0. The fraction of sp³-hybridized carbons (Fsp3) is 0.0870. The van der Waals surface area contributed by atoms with Crippen molar-refractivity contribution in [2.24, 2.45) is 5.73 Å². The van der Waals surface area contributed by atoms with Gasteiger partial charge < -0.3 is 10.3 Å². The minimum atomic E-state index is 0.402. The molecule has 2 N–H and O–H groups in total. The third-order valence-corrected chi connectivity index (χ3v) is 4.51. The maximum Gasteiger partial charge on any atom is 0.124 e. The molecule has 0 saturated heterocycles. The molecule has 0 bridgehead atoms. The first-order chi connectivity index (χ1) is 12.9. The van der Waals surface area contributed by atoms with Gasteiger partial charge in [0.25, 0.3) is 0 Å². The van der Waals surface area contributed by atoms with Gasteiger partial charge in [-0.05, 0) is 5.56 Å². The van der Waals surface area contributed by atoms with Crippen LogP contribution in [0.25, 0.3) is 22.5 Å². The van der Waals surface area contributed by atoms with Crippen LogP contribution in [0.4, 0.5) is 0 Å². The van der Waals surface area contributed by atoms with E-state index in [1.54, 1.807) is 0 Å². The lowest BCUT2D eigenvalue weighted by Crippen LogP contribution is -2.10. The van der Waals surface area contributed by atoms with Crippen molar-refractivity contribution in [3.8, 4) is 22.5 Å². The Kier molecular flexibility index (Phi) is 4.63. The predicted molar refractivity (Wildman–Crippen MR) is 107 cm³/mol. The number of rotatable bonds is 5. The molecule has 0 aliphatic rings. The molecular formula is C23H21N3. The van der Waals surface area contributed by atoms with E-state index in [2.05, 4.69) is 65.2 Å². The average molecular weight is 339 g/mol. The monoisotopic (exact) mass is 339 g/mol. The van der Waals surface area contributed by atoms with Crippen molar-refractivity contribution in [3.63, 3.8) is 0 Å². The number of hydrogen-bond donors (Lipinski definition) is 1. The van der Waals surface area contributed by atoms with Gasteiger partial charge in [-0.3, -0.25) is 0 Å². The molecule has 4 aromatic rings. The zero-order valence-corrected chi connectivity index (χ0v) is 14.5. The summed E-state index contributed by atoms with van der Waals surface area (Å²) in [5.74, 6) is 0.895. The number of imidazole rings is 1. The van der Waals surface area contributed by atoms with E-state index in [-0.39, 0.29) is 0 Å². The van der Waals surface area contributed by atoms with E-state index in [4.69, 9.17) is 10.7 Å². The van der Waals surface area contributed by atoms with E-state index in [0.717, 1.165) is 34.9 Å². The smallest absolute Gasteiger partial charge is 0.124 e. The molecule has 0 amide bonds. The largest absolute Gasteiger partial charge is 0.324 e. The normalized spacial score (nSPS) is 10.8. The molecule has 0 aliphatic carbocycles. The van der Waals surface area contributed by atoms with Crippen LogP contribution in [-0.4, -0.2) is 9.55 Å². The van der Waals surface area contributed by atoms with Crippen LogP contribution < -0.4 is 5.73 Å². The number of nitrogens with zero attached hydrogens (tertiary/aromatic N) is 2. The minimum Gasteiger partial charge on any atom is -0.324 e. The highest BCUT2D eigenvalue weighted by molar-refractivity contribution is 5.79. The van der Waals surface area contributed by atoms with Gasteiger partial charge in [0.05, 0.1) is 17.9 Å². The van der Waals surface area contributed by atoms with Gasteiger partial charge in [0.15, 0.2) is 0 Å². The van der Waals surface area contributed by atoms with Crippen LogP contribution in [0.3, 0.4) is 0 Å². The number of hydrogen-bond acceptors (Lipinski definition) is 2. The molecule has 4 rings (SSSR count). The minimum absolute atomic E-state index is 0.402. The average Bonchev–Trinajstić information content (AvgIpc) is 3.08. The first-order valence-electron chi connectivity index (χ1n) is 8.81. The maximum absolute atomic E-state index is 6.06. The summed E-state index contributed by atoms with van der Waals surface area (Å²) < 4.78 is 2.24. The van der Waals surface area contributed by atoms with Gasteiger partial charge in [0.1, 0.15) is 5.82 Å². The predicted octanol–water partition coefficient (Wildman–Crippen LogP) is 4.72. The van der Waals surface area contributed by atoms with E-state index in [1.807, 2.05) is 30.3 Å². The molecule has 3 nitrogen and oxygen atoms in total. The Morgan fingerprint density at radius 2 is 1.23 bits per heavy atom. The lowest BCUT2D eigenvalue weighted by atomic mass is 10.0. The molecule has 0 spiro atoms. The third-order valence-electron chi connectivity index (χ3n) is 4.51. The summed E-state index contributed by atoms with van der Waals surface area (Å²) >= 11 is 0. The Morgan fingerprint density at radius 3 is 1.81 bits per heavy atom. The SMILES string of the molecule is NCc1nc(-c2ccccc2)c(-c2ccccc2)n1Cc1ccccc1. The standard InChI is InChI=1S/C23H21N3/c24-16-21-25-22(19-12-6-2-7-13-19)23(20-14-8-3-9-15-20)26(21)17-18-10-4-1-5-11-18/h1-15H,16-17,24H2. The molecule has 26 heavy (non-hydrogen) atoms. The summed E-state index contributed by atoms with van der Waals surface area (Å²) in [4.78, 5) is 4.91. The molecule has 128 valence electrons. The fourth-order valence-corrected chi connectivity index (χ4v) is 3.28. The molecule has 0 unspecified atom stereocenters. The number of nitrogens with two attached hydrogens (primary N) is 1. The van der Waals surface area contributed by atoms with Crippen LogP contribution in [0.1, 0.15) is 11.4 Å². The van der Waals surface area contributed by atoms with E-state index in [9.17, 15) is 0 Å². The molecule has 0 atom stereocenters. The van der Waals surface area contributed by atoms with Gasteiger partial charge in [0.2, 0.25) is 0 Å². The molecule has 0 radical (unpaired) electrons. The summed E-state index contributed by atoms with van der Waals surface area (Å²) in [5.41, 5.74) is 11.6. The van der Waals surface area contributed by atoms with Gasteiger partial charge in [-0.2, -0.15) is 0 Å². The topological polar surface area (TPSA) is 43.8 Å². The zero-order chi connectivity index (χ0) is 17.8. The highest BCUT2D eigenvalue weighted by atomic mass is 15.1. The first kappa shape index (κ1) is 16.3. The quantitative estimate of drug-likeness (QED) is 0.571. The van der Waals surface area contributed by atoms with Crippen LogP contribution in [0.5, 0.6) is 0 Å². The lowest BCUT2D eigenvalue weighted by molar-refractivity contribution is 0.730. The van der Waals surface area contributed by atoms with Crippen molar-refractivity contribution in [1.29, 1.82) is 0 Å². The van der Waals surface area contributed by atoms with Crippen molar-refractivity contribution in [2.45, 2.75) is 13.1 Å². The van der Waals surface area contributed by atoms with Crippen molar-refractivity contribution in [1.82, 2.24) is 9.55 Å². The summed E-state index contributed by atoms with van der Waals surface area (Å²) in [5, 5.41) is 0. The second-order valence-electron chi connectivity index (χ2n) is 6.23. The molecule has 0 saturated carbocycles. The fourth-order valence-electron chi connectivity index (χ4n) is 3.28.